The number of carbonyl (C=O) groups is 1. The van der Waals surface area contributed by atoms with Gasteiger partial charge in [0.2, 0.25) is 6.43 Å². The molecule has 4 nitrogen and oxygen atoms in total. The number of aryl methyl sites for hydroxylation is 2. The Kier molecular flexibility index (Phi) is 10.7. The number of anilines is 1. The normalized spacial score (nSPS) is 18.3. The molecule has 2 heterocycles. The summed E-state index contributed by atoms with van der Waals surface area (Å²) in [5, 5.41) is 3.38. The smallest absolute Gasteiger partial charge is 0.244 e. The van der Waals surface area contributed by atoms with Crippen molar-refractivity contribution in [2.75, 3.05) is 25.1 Å². The molecule has 1 aliphatic heterocycles. The minimum absolute atomic E-state index is 0.000199. The van der Waals surface area contributed by atoms with Crippen molar-refractivity contribution in [3.63, 3.8) is 0 Å². The van der Waals surface area contributed by atoms with Crippen molar-refractivity contribution in [1.29, 1.82) is 0 Å². The van der Waals surface area contributed by atoms with E-state index in [2.05, 4.69) is 17.4 Å². The van der Waals surface area contributed by atoms with Gasteiger partial charge in [0.25, 0.3) is 0 Å². The highest BCUT2D eigenvalue weighted by Gasteiger charge is 2.51. The van der Waals surface area contributed by atoms with Crippen LogP contribution < -0.4 is 5.32 Å². The summed E-state index contributed by atoms with van der Waals surface area (Å²) in [7, 11) is 0. The predicted molar refractivity (Wildman–Crippen MR) is 134 cm³/mol. The molecule has 2 atom stereocenters. The fourth-order valence-electron chi connectivity index (χ4n) is 5.50. The SMILES string of the molecule is CCCCC(CCC)(C(F)F)C(CCOCCCCc1ccc2c(n1)NCCC2)C(=O)C1CC1. The molecular weight excluding hydrogens is 434 g/mol. The number of Topliss-reactive ketones (excluding diaryl/α,β-unsaturated/α-hetero) is 1. The van der Waals surface area contributed by atoms with Crippen LogP contribution in [-0.2, 0) is 22.4 Å². The number of alkyl halides is 2. The Morgan fingerprint density at radius 2 is 1.97 bits per heavy atom. The van der Waals surface area contributed by atoms with Crippen LogP contribution in [0.3, 0.4) is 0 Å². The van der Waals surface area contributed by atoms with Crippen LogP contribution >= 0.6 is 0 Å². The molecule has 0 aromatic carbocycles. The highest BCUT2D eigenvalue weighted by atomic mass is 19.3. The number of fused-ring (bicyclic) bond motifs is 1. The topological polar surface area (TPSA) is 51.2 Å². The van der Waals surface area contributed by atoms with Crippen LogP contribution in [0, 0.1) is 17.3 Å². The molecule has 1 aromatic heterocycles. The van der Waals surface area contributed by atoms with E-state index in [4.69, 9.17) is 9.72 Å². The minimum Gasteiger partial charge on any atom is -0.381 e. The van der Waals surface area contributed by atoms with Crippen LogP contribution in [0.15, 0.2) is 12.1 Å². The molecule has 34 heavy (non-hydrogen) atoms. The van der Waals surface area contributed by atoms with Crippen LogP contribution in [0.5, 0.6) is 0 Å². The van der Waals surface area contributed by atoms with E-state index in [0.717, 1.165) is 75.8 Å². The number of halogens is 2. The molecule has 1 aromatic rings. The van der Waals surface area contributed by atoms with E-state index >= 15 is 0 Å². The Balaban J connectivity index is 1.47. The maximum absolute atomic E-state index is 14.5. The molecular formula is C28H44F2N2O2. The first-order valence-electron chi connectivity index (χ1n) is 13.6. The van der Waals surface area contributed by atoms with Gasteiger partial charge in [-0.25, -0.2) is 13.8 Å². The van der Waals surface area contributed by atoms with Crippen molar-refractivity contribution >= 4 is 11.6 Å². The van der Waals surface area contributed by atoms with Crippen LogP contribution in [-0.4, -0.2) is 37.0 Å². The van der Waals surface area contributed by atoms with Crippen molar-refractivity contribution in [2.45, 2.75) is 104 Å². The second-order valence-corrected chi connectivity index (χ2v) is 10.3. The van der Waals surface area contributed by atoms with Gasteiger partial charge in [-0.05, 0) is 75.8 Å². The Bertz CT molecular complexity index is 769. The maximum Gasteiger partial charge on any atom is 0.244 e. The van der Waals surface area contributed by atoms with Gasteiger partial charge in [-0.15, -0.1) is 0 Å². The first-order chi connectivity index (χ1) is 16.5. The van der Waals surface area contributed by atoms with Crippen LogP contribution in [0.2, 0.25) is 0 Å². The fraction of sp³-hybridized carbons (Fsp3) is 0.786. The lowest BCUT2D eigenvalue weighted by Crippen LogP contribution is -2.43. The molecule has 6 heteroatoms. The molecule has 2 aliphatic rings. The first kappa shape index (κ1) is 27.0. The number of pyridine rings is 1. The molecule has 0 bridgehead atoms. The van der Waals surface area contributed by atoms with Crippen molar-refractivity contribution in [2.24, 2.45) is 17.3 Å². The number of nitrogens with zero attached hydrogens (tertiary/aromatic N) is 1. The van der Waals surface area contributed by atoms with Crippen LogP contribution in [0.1, 0.15) is 95.7 Å². The highest BCUT2D eigenvalue weighted by Crippen LogP contribution is 2.49. The average molecular weight is 479 g/mol. The van der Waals surface area contributed by atoms with E-state index in [-0.39, 0.29) is 11.7 Å². The molecule has 1 N–H and O–H groups in total. The van der Waals surface area contributed by atoms with Crippen LogP contribution in [0.25, 0.3) is 0 Å². The van der Waals surface area contributed by atoms with Crippen LogP contribution in [0.4, 0.5) is 14.6 Å². The monoisotopic (exact) mass is 478 g/mol. The summed E-state index contributed by atoms with van der Waals surface area (Å²) in [6.45, 7) is 5.95. The molecule has 1 aliphatic carbocycles. The number of nitrogens with one attached hydrogen (secondary N) is 1. The van der Waals surface area contributed by atoms with E-state index in [1.54, 1.807) is 0 Å². The molecule has 2 unspecified atom stereocenters. The Morgan fingerprint density at radius 1 is 1.15 bits per heavy atom. The highest BCUT2D eigenvalue weighted by molar-refractivity contribution is 5.86. The molecule has 1 saturated carbocycles. The zero-order chi connectivity index (χ0) is 24.4. The van der Waals surface area contributed by atoms with Crippen molar-refractivity contribution < 1.29 is 18.3 Å². The second-order valence-electron chi connectivity index (χ2n) is 10.3. The lowest BCUT2D eigenvalue weighted by atomic mass is 9.65. The summed E-state index contributed by atoms with van der Waals surface area (Å²) in [5.74, 6) is 0.517. The fourth-order valence-corrected chi connectivity index (χ4v) is 5.50. The largest absolute Gasteiger partial charge is 0.381 e. The molecule has 3 rings (SSSR count). The zero-order valence-electron chi connectivity index (χ0n) is 21.2. The van der Waals surface area contributed by atoms with Gasteiger partial charge in [-0.3, -0.25) is 4.79 Å². The van der Waals surface area contributed by atoms with E-state index in [1.165, 1.54) is 5.56 Å². The summed E-state index contributed by atoms with van der Waals surface area (Å²) >= 11 is 0. The number of unbranched alkanes of at least 4 members (excludes halogenated alkanes) is 2. The van der Waals surface area contributed by atoms with Crippen molar-refractivity contribution in [3.05, 3.63) is 23.4 Å². The van der Waals surface area contributed by atoms with Gasteiger partial charge in [0.05, 0.1) is 0 Å². The number of aromatic nitrogens is 1. The lowest BCUT2D eigenvalue weighted by Gasteiger charge is -2.40. The molecule has 0 saturated heterocycles. The van der Waals surface area contributed by atoms with Gasteiger partial charge in [0.1, 0.15) is 11.6 Å². The number of hydrogen-bond acceptors (Lipinski definition) is 4. The van der Waals surface area contributed by atoms with Gasteiger partial charge < -0.3 is 10.1 Å². The van der Waals surface area contributed by atoms with Gasteiger partial charge >= 0.3 is 0 Å². The third-order valence-corrected chi connectivity index (χ3v) is 7.64. The van der Waals surface area contributed by atoms with Crippen molar-refractivity contribution in [1.82, 2.24) is 4.98 Å². The lowest BCUT2D eigenvalue weighted by molar-refractivity contribution is -0.139. The van der Waals surface area contributed by atoms with Gasteiger partial charge in [-0.2, -0.15) is 0 Å². The van der Waals surface area contributed by atoms with Gasteiger partial charge in [0, 0.05) is 42.7 Å². The minimum atomic E-state index is -2.47. The van der Waals surface area contributed by atoms with Gasteiger partial charge in [-0.1, -0.05) is 39.2 Å². The molecule has 0 amide bonds. The third kappa shape index (κ3) is 7.22. The maximum atomic E-state index is 14.5. The summed E-state index contributed by atoms with van der Waals surface area (Å²) in [4.78, 5) is 17.9. The number of carbonyl (C=O) groups excluding carboxylic acids is 1. The third-order valence-electron chi connectivity index (χ3n) is 7.64. The van der Waals surface area contributed by atoms with Gasteiger partial charge in [0.15, 0.2) is 0 Å². The molecule has 192 valence electrons. The van der Waals surface area contributed by atoms with E-state index in [1.807, 2.05) is 13.8 Å². The Morgan fingerprint density at radius 3 is 2.68 bits per heavy atom. The molecule has 1 fully saturated rings. The van der Waals surface area contributed by atoms with E-state index < -0.39 is 17.8 Å². The predicted octanol–water partition coefficient (Wildman–Crippen LogP) is 7.01. The Hall–Kier alpha value is -1.56. The van der Waals surface area contributed by atoms with E-state index in [0.29, 0.717) is 38.9 Å². The summed E-state index contributed by atoms with van der Waals surface area (Å²) in [6.07, 6.45) is 7.85. The van der Waals surface area contributed by atoms with E-state index in [9.17, 15) is 13.6 Å². The summed E-state index contributed by atoms with van der Waals surface area (Å²) < 4.78 is 34.9. The molecule has 0 spiro atoms. The number of hydrogen-bond donors (Lipinski definition) is 1. The number of ether oxygens (including phenoxy) is 1. The average Bonchev–Trinajstić information content (AvgIpc) is 3.69. The number of rotatable bonds is 17. The quantitative estimate of drug-likeness (QED) is 0.245. The summed E-state index contributed by atoms with van der Waals surface area (Å²) in [5.41, 5.74) is 1.20. The molecule has 0 radical (unpaired) electrons. The second kappa shape index (κ2) is 13.5. The number of ketones is 1. The standard InChI is InChI=1S/C28H44F2N2O2/c1-3-5-17-28(16-4-2,27(29)30)24(25(33)21-11-12-21)15-20-34-19-7-6-10-23-14-13-22-9-8-18-31-26(22)32-23/h13-14,21,24,27H,3-12,15-20H2,1-2H3,(H,31,32). The zero-order valence-corrected chi connectivity index (χ0v) is 21.2. The first-order valence-corrected chi connectivity index (χ1v) is 13.6. The van der Waals surface area contributed by atoms with Crippen molar-refractivity contribution in [3.8, 4) is 0 Å². The summed E-state index contributed by atoms with van der Waals surface area (Å²) in [6, 6.07) is 4.30. The Labute approximate surface area is 204 Å².